The highest BCUT2D eigenvalue weighted by Crippen LogP contribution is 2.44. The zero-order valence-electron chi connectivity index (χ0n) is 14.3. The molecule has 0 aromatic heterocycles. The van der Waals surface area contributed by atoms with E-state index < -0.39 is 30.3 Å². The molecule has 3 rings (SSSR count). The molecule has 2 aromatic carbocycles. The SMILES string of the molecule is CC(=O)[C@H](CC(=O)O)NC(=O)OCC1c2ccccc2-c2ccccc21. The Morgan fingerprint density at radius 3 is 2.08 bits per heavy atom. The van der Waals surface area contributed by atoms with Gasteiger partial charge in [0, 0.05) is 5.92 Å². The Labute approximate surface area is 150 Å². The van der Waals surface area contributed by atoms with Crippen molar-refractivity contribution >= 4 is 17.8 Å². The molecule has 6 nitrogen and oxygen atoms in total. The number of hydrogen-bond donors (Lipinski definition) is 2. The first-order valence-electron chi connectivity index (χ1n) is 8.31. The van der Waals surface area contributed by atoms with E-state index in [0.29, 0.717) is 0 Å². The lowest BCUT2D eigenvalue weighted by Crippen LogP contribution is -2.41. The van der Waals surface area contributed by atoms with Crippen LogP contribution in [0.25, 0.3) is 11.1 Å². The van der Waals surface area contributed by atoms with Crippen molar-refractivity contribution in [3.8, 4) is 11.1 Å². The van der Waals surface area contributed by atoms with Gasteiger partial charge in [-0.05, 0) is 29.2 Å². The van der Waals surface area contributed by atoms with Gasteiger partial charge < -0.3 is 15.2 Å². The summed E-state index contributed by atoms with van der Waals surface area (Å²) in [5, 5.41) is 11.2. The number of nitrogens with one attached hydrogen (secondary N) is 1. The summed E-state index contributed by atoms with van der Waals surface area (Å²) < 4.78 is 5.31. The predicted molar refractivity (Wildman–Crippen MR) is 94.9 cm³/mol. The van der Waals surface area contributed by atoms with Crippen LogP contribution in [0.4, 0.5) is 4.79 Å². The number of benzene rings is 2. The maximum absolute atomic E-state index is 12.0. The molecule has 0 heterocycles. The molecule has 26 heavy (non-hydrogen) atoms. The van der Waals surface area contributed by atoms with Crippen LogP contribution in [-0.2, 0) is 14.3 Å². The molecule has 6 heteroatoms. The van der Waals surface area contributed by atoms with Gasteiger partial charge in [-0.15, -0.1) is 0 Å². The van der Waals surface area contributed by atoms with Gasteiger partial charge in [-0.25, -0.2) is 4.79 Å². The molecule has 0 spiro atoms. The van der Waals surface area contributed by atoms with Crippen LogP contribution >= 0.6 is 0 Å². The molecular formula is C20H19NO5. The zero-order chi connectivity index (χ0) is 18.7. The highest BCUT2D eigenvalue weighted by Gasteiger charge is 2.29. The number of carbonyl (C=O) groups excluding carboxylic acids is 2. The first-order valence-corrected chi connectivity index (χ1v) is 8.31. The molecule has 0 fully saturated rings. The van der Waals surface area contributed by atoms with Gasteiger partial charge in [0.25, 0.3) is 0 Å². The molecule has 2 aromatic rings. The molecule has 0 aliphatic heterocycles. The first kappa shape index (κ1) is 17.7. The minimum Gasteiger partial charge on any atom is -0.481 e. The number of amides is 1. The Kier molecular flexibility index (Phi) is 5.02. The minimum atomic E-state index is -1.16. The normalized spacial score (nSPS) is 13.4. The van der Waals surface area contributed by atoms with Crippen molar-refractivity contribution < 1.29 is 24.2 Å². The van der Waals surface area contributed by atoms with Crippen LogP contribution in [0.5, 0.6) is 0 Å². The quantitative estimate of drug-likeness (QED) is 0.833. The lowest BCUT2D eigenvalue weighted by molar-refractivity contribution is -0.139. The lowest BCUT2D eigenvalue weighted by Gasteiger charge is -2.17. The highest BCUT2D eigenvalue weighted by molar-refractivity contribution is 5.89. The van der Waals surface area contributed by atoms with Crippen molar-refractivity contribution in [2.75, 3.05) is 6.61 Å². The molecule has 1 atom stereocenters. The third-order valence-electron chi connectivity index (χ3n) is 4.51. The predicted octanol–water partition coefficient (Wildman–Crippen LogP) is 2.96. The van der Waals surface area contributed by atoms with E-state index >= 15 is 0 Å². The fraction of sp³-hybridized carbons (Fsp3) is 0.250. The maximum atomic E-state index is 12.0. The monoisotopic (exact) mass is 353 g/mol. The smallest absolute Gasteiger partial charge is 0.407 e. The molecule has 0 radical (unpaired) electrons. The van der Waals surface area contributed by atoms with Gasteiger partial charge in [0.1, 0.15) is 12.6 Å². The summed E-state index contributed by atoms with van der Waals surface area (Å²) in [5.74, 6) is -1.69. The number of ketones is 1. The number of aliphatic carboxylic acids is 1. The fourth-order valence-electron chi connectivity index (χ4n) is 3.25. The average Bonchev–Trinajstić information content (AvgIpc) is 2.93. The van der Waals surface area contributed by atoms with E-state index in [9.17, 15) is 14.4 Å². The van der Waals surface area contributed by atoms with Crippen LogP contribution in [0.15, 0.2) is 48.5 Å². The minimum absolute atomic E-state index is 0.0941. The Bertz CT molecular complexity index is 815. The van der Waals surface area contributed by atoms with E-state index in [0.717, 1.165) is 22.3 Å². The van der Waals surface area contributed by atoms with Gasteiger partial charge in [-0.3, -0.25) is 9.59 Å². The van der Waals surface area contributed by atoms with Crippen LogP contribution < -0.4 is 5.32 Å². The van der Waals surface area contributed by atoms with E-state index in [2.05, 4.69) is 5.32 Å². The van der Waals surface area contributed by atoms with Crippen LogP contribution in [0.2, 0.25) is 0 Å². The number of alkyl carbamates (subject to hydrolysis) is 1. The summed E-state index contributed by atoms with van der Waals surface area (Å²) >= 11 is 0. The van der Waals surface area contributed by atoms with E-state index in [1.165, 1.54) is 6.92 Å². The van der Waals surface area contributed by atoms with E-state index in [-0.39, 0.29) is 12.5 Å². The molecule has 0 unspecified atom stereocenters. The van der Waals surface area contributed by atoms with Crippen molar-refractivity contribution in [3.05, 3.63) is 59.7 Å². The summed E-state index contributed by atoms with van der Waals surface area (Å²) in [6.45, 7) is 1.34. The van der Waals surface area contributed by atoms with Gasteiger partial charge >= 0.3 is 12.1 Å². The maximum Gasteiger partial charge on any atom is 0.407 e. The molecule has 134 valence electrons. The Morgan fingerprint density at radius 1 is 1.04 bits per heavy atom. The number of fused-ring (bicyclic) bond motifs is 3. The number of rotatable bonds is 6. The molecule has 0 saturated carbocycles. The third-order valence-corrected chi connectivity index (χ3v) is 4.51. The Hall–Kier alpha value is -3.15. The summed E-state index contributed by atoms with van der Waals surface area (Å²) in [7, 11) is 0. The lowest BCUT2D eigenvalue weighted by atomic mass is 9.98. The number of carboxylic acid groups (broad SMARTS) is 1. The first-order chi connectivity index (χ1) is 12.5. The zero-order valence-corrected chi connectivity index (χ0v) is 14.3. The van der Waals surface area contributed by atoms with Gasteiger partial charge in [0.05, 0.1) is 6.42 Å². The van der Waals surface area contributed by atoms with Crippen molar-refractivity contribution in [3.63, 3.8) is 0 Å². The second kappa shape index (κ2) is 7.39. The van der Waals surface area contributed by atoms with Crippen LogP contribution in [-0.4, -0.2) is 35.6 Å². The molecular weight excluding hydrogens is 334 g/mol. The van der Waals surface area contributed by atoms with E-state index in [1.807, 2.05) is 48.5 Å². The van der Waals surface area contributed by atoms with Crippen molar-refractivity contribution in [1.29, 1.82) is 0 Å². The average molecular weight is 353 g/mol. The van der Waals surface area contributed by atoms with E-state index in [1.54, 1.807) is 0 Å². The Balaban J connectivity index is 1.71. The number of ether oxygens (including phenoxy) is 1. The largest absolute Gasteiger partial charge is 0.481 e. The van der Waals surface area contributed by atoms with Crippen LogP contribution in [0.3, 0.4) is 0 Å². The Morgan fingerprint density at radius 2 is 1.58 bits per heavy atom. The summed E-state index contributed by atoms with van der Waals surface area (Å²) in [5.41, 5.74) is 4.39. The second-order valence-electron chi connectivity index (χ2n) is 6.23. The third kappa shape index (κ3) is 3.59. The van der Waals surface area contributed by atoms with Gasteiger partial charge in [-0.2, -0.15) is 0 Å². The standard InChI is InChI=1S/C20H19NO5/c1-12(22)18(10-19(23)24)21-20(25)26-11-17-15-8-4-2-6-13(15)14-7-3-5-9-16(14)17/h2-9,17-18H,10-11H2,1H3,(H,21,25)(H,23,24)/t18-/m0/s1. The van der Waals surface area contributed by atoms with Crippen LogP contribution in [0.1, 0.15) is 30.4 Å². The van der Waals surface area contributed by atoms with Gasteiger partial charge in [0.15, 0.2) is 5.78 Å². The van der Waals surface area contributed by atoms with Gasteiger partial charge in [-0.1, -0.05) is 48.5 Å². The molecule has 1 amide bonds. The fourth-order valence-corrected chi connectivity index (χ4v) is 3.25. The van der Waals surface area contributed by atoms with Crippen LogP contribution in [0, 0.1) is 0 Å². The van der Waals surface area contributed by atoms with Crippen molar-refractivity contribution in [2.24, 2.45) is 0 Å². The molecule has 1 aliphatic rings. The second-order valence-corrected chi connectivity index (χ2v) is 6.23. The molecule has 0 bridgehead atoms. The molecule has 1 aliphatic carbocycles. The summed E-state index contributed by atoms with van der Waals surface area (Å²) in [6, 6.07) is 14.8. The number of hydrogen-bond acceptors (Lipinski definition) is 4. The summed E-state index contributed by atoms with van der Waals surface area (Å²) in [6.07, 6.45) is -1.27. The topological polar surface area (TPSA) is 92.7 Å². The number of carbonyl (C=O) groups is 3. The molecule has 0 saturated heterocycles. The number of carboxylic acids is 1. The summed E-state index contributed by atoms with van der Waals surface area (Å²) in [4.78, 5) is 34.3. The van der Waals surface area contributed by atoms with Crippen molar-refractivity contribution in [1.82, 2.24) is 5.32 Å². The van der Waals surface area contributed by atoms with E-state index in [4.69, 9.17) is 9.84 Å². The number of Topliss-reactive ketones (excluding diaryl/α,β-unsaturated/α-hetero) is 1. The highest BCUT2D eigenvalue weighted by atomic mass is 16.5. The van der Waals surface area contributed by atoms with Gasteiger partial charge in [0.2, 0.25) is 0 Å². The van der Waals surface area contributed by atoms with Crippen molar-refractivity contribution in [2.45, 2.75) is 25.3 Å². The molecule has 2 N–H and O–H groups in total.